The van der Waals surface area contributed by atoms with Crippen molar-refractivity contribution in [3.63, 3.8) is 0 Å². The Morgan fingerprint density at radius 1 is 1.08 bits per heavy atom. The monoisotopic (exact) mass is 384 g/mol. The summed E-state index contributed by atoms with van der Waals surface area (Å²) < 4.78 is 0. The Kier molecular flexibility index (Phi) is 5.68. The van der Waals surface area contributed by atoms with Crippen LogP contribution in [-0.4, -0.2) is 26.8 Å². The summed E-state index contributed by atoms with van der Waals surface area (Å²) >= 11 is 2.98. The van der Waals surface area contributed by atoms with Crippen molar-refractivity contribution in [3.05, 3.63) is 52.2 Å². The number of rotatable bonds is 5. The summed E-state index contributed by atoms with van der Waals surface area (Å²) in [5.41, 5.74) is 4.97. The number of thioether (sulfide) groups is 1. The molecule has 0 bridgehead atoms. The number of anilines is 1. The first-order chi connectivity index (χ1) is 12.4. The fourth-order valence-electron chi connectivity index (χ4n) is 2.44. The predicted octanol–water partition coefficient (Wildman–Crippen LogP) is 4.56. The molecule has 0 aliphatic carbocycles. The van der Waals surface area contributed by atoms with Crippen molar-refractivity contribution in [2.45, 2.75) is 32.7 Å². The third-order valence-corrected chi connectivity index (χ3v) is 5.93. The van der Waals surface area contributed by atoms with Crippen LogP contribution in [0, 0.1) is 27.7 Å². The zero-order valence-electron chi connectivity index (χ0n) is 15.2. The zero-order valence-corrected chi connectivity index (χ0v) is 16.8. The highest BCUT2D eigenvalue weighted by Gasteiger charge is 2.10. The van der Waals surface area contributed by atoms with Gasteiger partial charge in [-0.15, -0.1) is 21.5 Å². The van der Waals surface area contributed by atoms with Gasteiger partial charge in [-0.3, -0.25) is 4.79 Å². The van der Waals surface area contributed by atoms with Crippen LogP contribution in [0.3, 0.4) is 0 Å². The SMILES string of the molecule is Cc1nc(C)c(-c2ccc(SCC(=O)Nc3ccc(C)c(C)c3)nn2)s1. The lowest BCUT2D eigenvalue weighted by Gasteiger charge is -2.07. The molecule has 0 radical (unpaired) electrons. The van der Waals surface area contributed by atoms with Gasteiger partial charge in [-0.2, -0.15) is 0 Å². The molecule has 5 nitrogen and oxygen atoms in total. The number of hydrogen-bond acceptors (Lipinski definition) is 6. The van der Waals surface area contributed by atoms with Gasteiger partial charge in [0.05, 0.1) is 21.3 Å². The molecule has 3 aromatic rings. The smallest absolute Gasteiger partial charge is 0.234 e. The molecule has 0 spiro atoms. The minimum Gasteiger partial charge on any atom is -0.325 e. The Balaban J connectivity index is 1.58. The van der Waals surface area contributed by atoms with Crippen LogP contribution in [0.2, 0.25) is 0 Å². The highest BCUT2D eigenvalue weighted by atomic mass is 32.2. The van der Waals surface area contributed by atoms with E-state index in [0.29, 0.717) is 5.75 Å². The molecule has 0 aliphatic rings. The first-order valence-electron chi connectivity index (χ1n) is 8.20. The number of hydrogen-bond donors (Lipinski definition) is 1. The standard InChI is InChI=1S/C19H20N4OS2/c1-11-5-6-15(9-12(11)2)21-17(24)10-25-18-8-7-16(22-23-18)19-13(3)20-14(4)26-19/h5-9H,10H2,1-4H3,(H,21,24). The highest BCUT2D eigenvalue weighted by molar-refractivity contribution is 7.99. The largest absolute Gasteiger partial charge is 0.325 e. The maximum Gasteiger partial charge on any atom is 0.234 e. The first-order valence-corrected chi connectivity index (χ1v) is 10.0. The minimum atomic E-state index is -0.0574. The van der Waals surface area contributed by atoms with Gasteiger partial charge in [-0.25, -0.2) is 4.98 Å². The first kappa shape index (κ1) is 18.5. The second-order valence-corrected chi connectivity index (χ2v) is 8.24. The fourth-order valence-corrected chi connectivity index (χ4v) is 3.94. The Morgan fingerprint density at radius 3 is 2.50 bits per heavy atom. The lowest BCUT2D eigenvalue weighted by molar-refractivity contribution is -0.113. The van der Waals surface area contributed by atoms with Crippen LogP contribution in [0.5, 0.6) is 0 Å². The van der Waals surface area contributed by atoms with Crippen molar-refractivity contribution in [3.8, 4) is 10.6 Å². The van der Waals surface area contributed by atoms with E-state index in [1.807, 2.05) is 58.0 Å². The second kappa shape index (κ2) is 7.97. The van der Waals surface area contributed by atoms with E-state index >= 15 is 0 Å². The quantitative estimate of drug-likeness (QED) is 0.653. The van der Waals surface area contributed by atoms with Crippen LogP contribution < -0.4 is 5.32 Å². The Hall–Kier alpha value is -2.25. The molecule has 1 N–H and O–H groups in total. The Bertz CT molecular complexity index is 935. The van der Waals surface area contributed by atoms with Gasteiger partial charge < -0.3 is 5.32 Å². The van der Waals surface area contributed by atoms with E-state index in [0.717, 1.165) is 37.5 Å². The third kappa shape index (κ3) is 4.47. The van der Waals surface area contributed by atoms with E-state index in [2.05, 4.69) is 20.5 Å². The summed E-state index contributed by atoms with van der Waals surface area (Å²) in [6.07, 6.45) is 0. The van der Waals surface area contributed by atoms with Crippen LogP contribution >= 0.6 is 23.1 Å². The number of nitrogens with zero attached hydrogens (tertiary/aromatic N) is 3. The van der Waals surface area contributed by atoms with Crippen LogP contribution in [0.25, 0.3) is 10.6 Å². The molecule has 1 aromatic carbocycles. The number of carbonyl (C=O) groups excluding carboxylic acids is 1. The third-order valence-electron chi connectivity index (χ3n) is 3.92. The lowest BCUT2D eigenvalue weighted by Crippen LogP contribution is -2.14. The van der Waals surface area contributed by atoms with Gasteiger partial charge in [-0.05, 0) is 63.1 Å². The molecule has 26 heavy (non-hydrogen) atoms. The van der Waals surface area contributed by atoms with Crippen LogP contribution in [-0.2, 0) is 4.79 Å². The average molecular weight is 385 g/mol. The van der Waals surface area contributed by atoms with Crippen LogP contribution in [0.4, 0.5) is 5.69 Å². The van der Waals surface area contributed by atoms with E-state index < -0.39 is 0 Å². The van der Waals surface area contributed by atoms with Gasteiger partial charge in [0.25, 0.3) is 0 Å². The topological polar surface area (TPSA) is 67.8 Å². The molecule has 0 fully saturated rings. The summed E-state index contributed by atoms with van der Waals surface area (Å²) in [4.78, 5) is 17.6. The average Bonchev–Trinajstić information content (AvgIpc) is 2.95. The summed E-state index contributed by atoms with van der Waals surface area (Å²) in [5.74, 6) is 0.234. The molecule has 134 valence electrons. The second-order valence-electron chi connectivity index (χ2n) is 6.04. The van der Waals surface area contributed by atoms with Crippen molar-refractivity contribution in [2.75, 3.05) is 11.1 Å². The van der Waals surface area contributed by atoms with E-state index in [-0.39, 0.29) is 5.91 Å². The molecule has 3 rings (SSSR count). The van der Waals surface area contributed by atoms with Gasteiger partial charge in [0, 0.05) is 5.69 Å². The van der Waals surface area contributed by atoms with Crippen molar-refractivity contribution >= 4 is 34.7 Å². The van der Waals surface area contributed by atoms with E-state index in [4.69, 9.17) is 0 Å². The van der Waals surface area contributed by atoms with E-state index in [1.54, 1.807) is 11.3 Å². The van der Waals surface area contributed by atoms with Gasteiger partial charge >= 0.3 is 0 Å². The molecular formula is C19H20N4OS2. The van der Waals surface area contributed by atoms with Crippen LogP contribution in [0.1, 0.15) is 21.8 Å². The van der Waals surface area contributed by atoms with Crippen LogP contribution in [0.15, 0.2) is 35.4 Å². The predicted molar refractivity (Wildman–Crippen MR) is 108 cm³/mol. The molecule has 0 atom stereocenters. The van der Waals surface area contributed by atoms with E-state index in [1.165, 1.54) is 17.3 Å². The lowest BCUT2D eigenvalue weighted by atomic mass is 10.1. The Labute approximate surface area is 161 Å². The maximum atomic E-state index is 12.1. The van der Waals surface area contributed by atoms with Gasteiger partial charge in [-0.1, -0.05) is 17.8 Å². The molecule has 0 aliphatic heterocycles. The van der Waals surface area contributed by atoms with E-state index in [9.17, 15) is 4.79 Å². The Morgan fingerprint density at radius 2 is 1.88 bits per heavy atom. The summed E-state index contributed by atoms with van der Waals surface area (Å²) in [7, 11) is 0. The van der Waals surface area contributed by atoms with Crippen molar-refractivity contribution < 1.29 is 4.79 Å². The molecular weight excluding hydrogens is 364 g/mol. The number of benzene rings is 1. The van der Waals surface area contributed by atoms with Gasteiger partial charge in [0.1, 0.15) is 10.7 Å². The fraction of sp³-hybridized carbons (Fsp3) is 0.263. The summed E-state index contributed by atoms with van der Waals surface area (Å²) in [6.45, 7) is 8.03. The number of carbonyl (C=O) groups is 1. The highest BCUT2D eigenvalue weighted by Crippen LogP contribution is 2.28. The number of nitrogens with one attached hydrogen (secondary N) is 1. The minimum absolute atomic E-state index is 0.0574. The maximum absolute atomic E-state index is 12.1. The number of amides is 1. The zero-order chi connectivity index (χ0) is 18.7. The van der Waals surface area contributed by atoms with Gasteiger partial charge in [0.15, 0.2) is 0 Å². The summed E-state index contributed by atoms with van der Waals surface area (Å²) in [5, 5.41) is 13.1. The molecule has 0 saturated carbocycles. The summed E-state index contributed by atoms with van der Waals surface area (Å²) in [6, 6.07) is 9.72. The molecule has 2 aromatic heterocycles. The molecule has 0 unspecified atom stereocenters. The van der Waals surface area contributed by atoms with Gasteiger partial charge in [0.2, 0.25) is 5.91 Å². The molecule has 1 amide bonds. The number of thiazole rings is 1. The molecule has 0 saturated heterocycles. The molecule has 7 heteroatoms. The van der Waals surface area contributed by atoms with Crippen molar-refractivity contribution in [1.82, 2.24) is 15.2 Å². The molecule has 2 heterocycles. The normalized spacial score (nSPS) is 10.8. The van der Waals surface area contributed by atoms with Crippen molar-refractivity contribution in [1.29, 1.82) is 0 Å². The van der Waals surface area contributed by atoms with Crippen molar-refractivity contribution in [2.24, 2.45) is 0 Å². The number of aromatic nitrogens is 3. The number of aryl methyl sites for hydroxylation is 4.